The maximum atomic E-state index is 12.4. The number of hydrogen-bond donors (Lipinski definition) is 3. The first kappa shape index (κ1) is 21.3. The summed E-state index contributed by atoms with van der Waals surface area (Å²) in [5, 5.41) is 9.78. The summed E-state index contributed by atoms with van der Waals surface area (Å²) in [6.45, 7) is 5.64. The van der Waals surface area contributed by atoms with E-state index in [1.807, 2.05) is 13.8 Å². The third kappa shape index (κ3) is 4.93. The van der Waals surface area contributed by atoms with Crippen LogP contribution >= 0.6 is 11.6 Å². The molecule has 3 aromatic rings. The first-order valence-electron chi connectivity index (χ1n) is 9.25. The van der Waals surface area contributed by atoms with Crippen molar-refractivity contribution in [2.75, 3.05) is 5.32 Å². The maximum absolute atomic E-state index is 12.4. The number of aromatic amines is 1. The van der Waals surface area contributed by atoms with Gasteiger partial charge in [0.15, 0.2) is 0 Å². The predicted molar refractivity (Wildman–Crippen MR) is 113 cm³/mol. The molecular weight excluding hydrogens is 408 g/mol. The number of anilines is 1. The SMILES string of the molecule is Cc1cc(NC(=O)C(=O)NCc2ccccc2Cl)n(-c2nc(C(C)C)cc(=O)[nH]2)n1. The number of nitrogens with one attached hydrogen (secondary N) is 3. The highest BCUT2D eigenvalue weighted by molar-refractivity contribution is 6.39. The van der Waals surface area contributed by atoms with E-state index in [0.29, 0.717) is 22.0 Å². The molecule has 2 amide bonds. The Morgan fingerprint density at radius 3 is 2.63 bits per heavy atom. The van der Waals surface area contributed by atoms with E-state index in [4.69, 9.17) is 11.6 Å². The van der Waals surface area contributed by atoms with Crippen molar-refractivity contribution in [3.63, 3.8) is 0 Å². The molecule has 3 N–H and O–H groups in total. The van der Waals surface area contributed by atoms with Gasteiger partial charge in [-0.3, -0.25) is 19.4 Å². The van der Waals surface area contributed by atoms with Gasteiger partial charge in [0.2, 0.25) is 5.95 Å². The second kappa shape index (κ2) is 8.91. The van der Waals surface area contributed by atoms with Crippen LogP contribution in [0.3, 0.4) is 0 Å². The topological polar surface area (TPSA) is 122 Å². The molecule has 0 aliphatic rings. The molecule has 0 bridgehead atoms. The van der Waals surface area contributed by atoms with Crippen LogP contribution in [0.2, 0.25) is 5.02 Å². The van der Waals surface area contributed by atoms with Gasteiger partial charge in [0, 0.05) is 23.7 Å². The summed E-state index contributed by atoms with van der Waals surface area (Å²) >= 11 is 6.06. The average molecular weight is 429 g/mol. The lowest BCUT2D eigenvalue weighted by atomic mass is 10.1. The number of amides is 2. The lowest BCUT2D eigenvalue weighted by Crippen LogP contribution is -2.35. The Hall–Kier alpha value is -3.46. The van der Waals surface area contributed by atoms with Gasteiger partial charge in [0.1, 0.15) is 5.82 Å². The van der Waals surface area contributed by atoms with E-state index >= 15 is 0 Å². The zero-order valence-corrected chi connectivity index (χ0v) is 17.4. The summed E-state index contributed by atoms with van der Waals surface area (Å²) in [4.78, 5) is 43.6. The Balaban J connectivity index is 1.78. The van der Waals surface area contributed by atoms with Crippen LogP contribution in [0.1, 0.15) is 36.7 Å². The summed E-state index contributed by atoms with van der Waals surface area (Å²) in [5.74, 6) is -1.35. The molecule has 0 saturated carbocycles. The largest absolute Gasteiger partial charge is 0.344 e. The molecule has 0 fully saturated rings. The highest BCUT2D eigenvalue weighted by Crippen LogP contribution is 2.17. The standard InChI is InChI=1S/C20H21ClN6O3/c1-11(2)15-9-17(28)25-20(23-15)27-16(8-12(3)26-27)24-19(30)18(29)22-10-13-6-4-5-7-14(13)21/h4-9,11H,10H2,1-3H3,(H,22,29)(H,24,30)(H,23,25,28). The van der Waals surface area contributed by atoms with Gasteiger partial charge in [0.05, 0.1) is 11.4 Å². The van der Waals surface area contributed by atoms with Gasteiger partial charge in [-0.1, -0.05) is 43.6 Å². The van der Waals surface area contributed by atoms with E-state index in [1.165, 1.54) is 10.7 Å². The Bertz CT molecular complexity index is 1150. The molecule has 0 aliphatic carbocycles. The van der Waals surface area contributed by atoms with Crippen molar-refractivity contribution >= 4 is 29.2 Å². The molecule has 3 rings (SSSR count). The van der Waals surface area contributed by atoms with Crippen LogP contribution in [0.4, 0.5) is 5.82 Å². The number of H-pyrrole nitrogens is 1. The van der Waals surface area contributed by atoms with Gasteiger partial charge >= 0.3 is 11.8 Å². The van der Waals surface area contributed by atoms with Crippen molar-refractivity contribution < 1.29 is 9.59 Å². The minimum atomic E-state index is -0.884. The lowest BCUT2D eigenvalue weighted by molar-refractivity contribution is -0.136. The minimum Gasteiger partial charge on any atom is -0.344 e. The fourth-order valence-electron chi connectivity index (χ4n) is 2.68. The molecule has 0 unspecified atom stereocenters. The molecule has 30 heavy (non-hydrogen) atoms. The van der Waals surface area contributed by atoms with Gasteiger partial charge in [-0.2, -0.15) is 9.78 Å². The average Bonchev–Trinajstić information content (AvgIpc) is 3.06. The van der Waals surface area contributed by atoms with Crippen LogP contribution in [0.15, 0.2) is 41.2 Å². The maximum Gasteiger partial charge on any atom is 0.314 e. The Morgan fingerprint density at radius 2 is 1.93 bits per heavy atom. The van der Waals surface area contributed by atoms with Crippen molar-refractivity contribution in [3.05, 3.63) is 68.7 Å². The van der Waals surface area contributed by atoms with Crippen LogP contribution in [-0.4, -0.2) is 31.6 Å². The van der Waals surface area contributed by atoms with Crippen LogP contribution in [-0.2, 0) is 16.1 Å². The molecule has 9 nitrogen and oxygen atoms in total. The second-order valence-electron chi connectivity index (χ2n) is 6.96. The summed E-state index contributed by atoms with van der Waals surface area (Å²) in [5.41, 5.74) is 1.50. The number of hydrogen-bond acceptors (Lipinski definition) is 5. The zero-order valence-electron chi connectivity index (χ0n) is 16.7. The number of rotatable bonds is 5. The van der Waals surface area contributed by atoms with Gasteiger partial charge in [-0.25, -0.2) is 4.98 Å². The number of aromatic nitrogens is 4. The lowest BCUT2D eigenvalue weighted by Gasteiger charge is -2.10. The first-order chi connectivity index (χ1) is 14.2. The number of carbonyl (C=O) groups excluding carboxylic acids is 2. The fraction of sp³-hybridized carbons (Fsp3) is 0.250. The van der Waals surface area contributed by atoms with E-state index in [2.05, 4.69) is 25.7 Å². The van der Waals surface area contributed by atoms with E-state index < -0.39 is 11.8 Å². The molecule has 2 aromatic heterocycles. The Labute approximate surface area is 177 Å². The van der Waals surface area contributed by atoms with Crippen LogP contribution in [0.25, 0.3) is 5.95 Å². The van der Waals surface area contributed by atoms with Gasteiger partial charge in [0.25, 0.3) is 5.56 Å². The van der Waals surface area contributed by atoms with E-state index in [0.717, 1.165) is 0 Å². The van der Waals surface area contributed by atoms with Crippen molar-refractivity contribution in [1.29, 1.82) is 0 Å². The molecule has 0 saturated heterocycles. The second-order valence-corrected chi connectivity index (χ2v) is 7.37. The van der Waals surface area contributed by atoms with Crippen LogP contribution in [0.5, 0.6) is 0 Å². The van der Waals surface area contributed by atoms with Crippen molar-refractivity contribution in [3.8, 4) is 5.95 Å². The number of aryl methyl sites for hydroxylation is 1. The third-order valence-corrected chi connectivity index (χ3v) is 4.59. The van der Waals surface area contributed by atoms with Crippen molar-refractivity contribution in [2.24, 2.45) is 0 Å². The van der Waals surface area contributed by atoms with Crippen molar-refractivity contribution in [1.82, 2.24) is 25.1 Å². The Kier molecular flexibility index (Phi) is 6.31. The predicted octanol–water partition coefficient (Wildman–Crippen LogP) is 2.30. The normalized spacial score (nSPS) is 10.8. The molecule has 0 atom stereocenters. The number of nitrogens with zero attached hydrogens (tertiary/aromatic N) is 3. The molecular formula is C20H21ClN6O3. The van der Waals surface area contributed by atoms with E-state index in [1.54, 1.807) is 37.3 Å². The van der Waals surface area contributed by atoms with Crippen molar-refractivity contribution in [2.45, 2.75) is 33.2 Å². The number of benzene rings is 1. The van der Waals surface area contributed by atoms with E-state index in [9.17, 15) is 14.4 Å². The van der Waals surface area contributed by atoms with Crippen LogP contribution < -0.4 is 16.2 Å². The molecule has 1 aromatic carbocycles. The summed E-state index contributed by atoms with van der Waals surface area (Å²) in [7, 11) is 0. The number of halogens is 1. The number of carbonyl (C=O) groups is 2. The minimum absolute atomic E-state index is 0.0244. The highest BCUT2D eigenvalue weighted by Gasteiger charge is 2.19. The van der Waals surface area contributed by atoms with E-state index in [-0.39, 0.29) is 29.8 Å². The summed E-state index contributed by atoms with van der Waals surface area (Å²) in [6.07, 6.45) is 0. The first-order valence-corrected chi connectivity index (χ1v) is 9.63. The monoisotopic (exact) mass is 428 g/mol. The molecule has 0 radical (unpaired) electrons. The van der Waals surface area contributed by atoms with Gasteiger partial charge < -0.3 is 10.6 Å². The highest BCUT2D eigenvalue weighted by atomic mass is 35.5. The third-order valence-electron chi connectivity index (χ3n) is 4.22. The zero-order chi connectivity index (χ0) is 21.8. The molecule has 0 aliphatic heterocycles. The van der Waals surface area contributed by atoms with Crippen LogP contribution in [0, 0.1) is 6.92 Å². The molecule has 0 spiro atoms. The fourth-order valence-corrected chi connectivity index (χ4v) is 2.88. The van der Waals surface area contributed by atoms with Gasteiger partial charge in [-0.15, -0.1) is 0 Å². The molecule has 156 valence electrons. The quantitative estimate of drug-likeness (QED) is 0.538. The van der Waals surface area contributed by atoms with Gasteiger partial charge in [-0.05, 0) is 24.5 Å². The molecule has 10 heteroatoms. The summed E-state index contributed by atoms with van der Waals surface area (Å²) in [6, 6.07) is 9.99. The Morgan fingerprint density at radius 1 is 1.20 bits per heavy atom. The smallest absolute Gasteiger partial charge is 0.314 e. The summed E-state index contributed by atoms with van der Waals surface area (Å²) < 4.78 is 1.28. The molecule has 2 heterocycles.